The number of carbonyl (C=O) groups excluding carboxylic acids is 2. The molecule has 0 saturated heterocycles. The number of phenolic OH excluding ortho intramolecular Hbond substituents is 1. The molecule has 184 valence electrons. The zero-order valence-electron chi connectivity index (χ0n) is 20.5. The first-order valence-electron chi connectivity index (χ1n) is 11.6. The number of aromatic nitrogens is 1. The molecule has 3 rings (SSSR count). The van der Waals surface area contributed by atoms with E-state index in [-0.39, 0.29) is 48.4 Å². The molecule has 8 heteroatoms. The van der Waals surface area contributed by atoms with Crippen molar-refractivity contribution in [2.45, 2.75) is 59.9 Å². The molecule has 0 radical (unpaired) electrons. The van der Waals surface area contributed by atoms with E-state index in [0.717, 1.165) is 5.56 Å². The topological polar surface area (TPSA) is 104 Å². The van der Waals surface area contributed by atoms with E-state index >= 15 is 0 Å². The van der Waals surface area contributed by atoms with E-state index in [9.17, 15) is 19.5 Å². The van der Waals surface area contributed by atoms with Gasteiger partial charge < -0.3 is 23.9 Å². The molecule has 0 fully saturated rings. The van der Waals surface area contributed by atoms with Gasteiger partial charge in [0.15, 0.2) is 16.9 Å². The zero-order valence-corrected chi connectivity index (χ0v) is 20.5. The molecule has 1 N–H and O–H groups in total. The molecule has 1 aliphatic rings. The van der Waals surface area contributed by atoms with Gasteiger partial charge in [0.05, 0.1) is 25.5 Å². The molecule has 2 aromatic rings. The number of hydrogen-bond acceptors (Lipinski definition) is 7. The van der Waals surface area contributed by atoms with Crippen LogP contribution in [0.2, 0.25) is 0 Å². The van der Waals surface area contributed by atoms with E-state index < -0.39 is 11.4 Å². The molecule has 0 saturated carbocycles. The van der Waals surface area contributed by atoms with E-state index in [1.807, 2.05) is 4.57 Å². The lowest BCUT2D eigenvalue weighted by molar-refractivity contribution is -0.143. The zero-order chi connectivity index (χ0) is 25.0. The Hall–Kier alpha value is -3.29. The van der Waals surface area contributed by atoms with Crippen molar-refractivity contribution in [2.24, 2.45) is 5.41 Å². The van der Waals surface area contributed by atoms with Crippen LogP contribution in [-0.4, -0.2) is 41.4 Å². The van der Waals surface area contributed by atoms with Gasteiger partial charge in [0.1, 0.15) is 5.56 Å². The number of fused-ring (bicyclic) bond motifs is 3. The van der Waals surface area contributed by atoms with Gasteiger partial charge in [-0.25, -0.2) is 4.79 Å². The minimum absolute atomic E-state index is 0.00549. The van der Waals surface area contributed by atoms with Gasteiger partial charge in [0.25, 0.3) is 0 Å². The SMILES string of the molecule is CCOC(=O)CCCOc1cc2c(cc1O)-c1cc(=O)c(C(=O)OCC)cn1C(C(C)(C)C)C2. The molecule has 1 unspecified atom stereocenters. The average Bonchev–Trinajstić information content (AvgIpc) is 2.76. The molecule has 8 nitrogen and oxygen atoms in total. The Kier molecular flexibility index (Phi) is 7.69. The number of phenols is 1. The number of rotatable bonds is 8. The Bertz CT molecular complexity index is 1130. The Morgan fingerprint density at radius 3 is 2.47 bits per heavy atom. The molecular weight excluding hydrogens is 438 g/mol. The first-order valence-corrected chi connectivity index (χ1v) is 11.6. The third-order valence-corrected chi connectivity index (χ3v) is 5.87. The number of benzene rings is 1. The molecule has 0 spiro atoms. The second kappa shape index (κ2) is 10.3. The van der Waals surface area contributed by atoms with Gasteiger partial charge in [0.2, 0.25) is 0 Å². The maximum Gasteiger partial charge on any atom is 0.343 e. The summed E-state index contributed by atoms with van der Waals surface area (Å²) in [5.41, 5.74) is 1.65. The predicted octanol–water partition coefficient (Wildman–Crippen LogP) is 4.26. The maximum absolute atomic E-state index is 12.8. The smallest absolute Gasteiger partial charge is 0.343 e. The highest BCUT2D eigenvalue weighted by Crippen LogP contribution is 2.45. The first kappa shape index (κ1) is 25.3. The first-order chi connectivity index (χ1) is 16.1. The normalized spacial score (nSPS) is 14.7. The van der Waals surface area contributed by atoms with Crippen LogP contribution in [0.15, 0.2) is 29.2 Å². The fourth-order valence-corrected chi connectivity index (χ4v) is 4.18. The number of ether oxygens (including phenoxy) is 3. The van der Waals surface area contributed by atoms with Crippen LogP contribution >= 0.6 is 0 Å². The van der Waals surface area contributed by atoms with Crippen molar-refractivity contribution < 1.29 is 28.9 Å². The summed E-state index contributed by atoms with van der Waals surface area (Å²) in [4.78, 5) is 36.6. The van der Waals surface area contributed by atoms with E-state index in [1.165, 1.54) is 6.07 Å². The van der Waals surface area contributed by atoms with E-state index in [1.54, 1.807) is 32.2 Å². The van der Waals surface area contributed by atoms with Crippen LogP contribution in [0.25, 0.3) is 11.3 Å². The molecule has 0 bridgehead atoms. The quantitative estimate of drug-likeness (QED) is 0.453. The van der Waals surface area contributed by atoms with Crippen molar-refractivity contribution >= 4 is 11.9 Å². The number of esters is 2. The lowest BCUT2D eigenvalue weighted by Crippen LogP contribution is -2.33. The fourth-order valence-electron chi connectivity index (χ4n) is 4.18. The minimum atomic E-state index is -0.643. The van der Waals surface area contributed by atoms with Crippen molar-refractivity contribution in [3.05, 3.63) is 45.7 Å². The van der Waals surface area contributed by atoms with Crippen LogP contribution in [-0.2, 0) is 20.7 Å². The van der Waals surface area contributed by atoms with Crippen molar-refractivity contribution in [1.82, 2.24) is 4.57 Å². The van der Waals surface area contributed by atoms with E-state index in [4.69, 9.17) is 14.2 Å². The van der Waals surface area contributed by atoms with E-state index in [2.05, 4.69) is 20.8 Å². The van der Waals surface area contributed by atoms with Gasteiger partial charge in [-0.2, -0.15) is 0 Å². The number of nitrogens with zero attached hydrogens (tertiary/aromatic N) is 1. The molecule has 2 heterocycles. The molecule has 1 aromatic carbocycles. The summed E-state index contributed by atoms with van der Waals surface area (Å²) < 4.78 is 17.7. The van der Waals surface area contributed by atoms with Gasteiger partial charge in [-0.1, -0.05) is 20.8 Å². The fraction of sp³-hybridized carbons (Fsp3) is 0.500. The highest BCUT2D eigenvalue weighted by atomic mass is 16.5. The summed E-state index contributed by atoms with van der Waals surface area (Å²) >= 11 is 0. The van der Waals surface area contributed by atoms with Crippen LogP contribution < -0.4 is 10.2 Å². The molecule has 1 aliphatic heterocycles. The van der Waals surface area contributed by atoms with Gasteiger partial charge >= 0.3 is 11.9 Å². The van der Waals surface area contributed by atoms with Crippen LogP contribution in [0.3, 0.4) is 0 Å². The highest BCUT2D eigenvalue weighted by molar-refractivity contribution is 5.89. The third kappa shape index (κ3) is 5.43. The lowest BCUT2D eigenvalue weighted by Gasteiger charge is -2.39. The van der Waals surface area contributed by atoms with Crippen LogP contribution in [0.1, 0.15) is 69.4 Å². The Morgan fingerprint density at radius 2 is 1.82 bits per heavy atom. The second-order valence-corrected chi connectivity index (χ2v) is 9.38. The summed E-state index contributed by atoms with van der Waals surface area (Å²) in [5.74, 6) is -0.652. The number of carbonyl (C=O) groups is 2. The number of aromatic hydroxyl groups is 1. The molecule has 1 aromatic heterocycles. The molecule has 0 amide bonds. The summed E-state index contributed by atoms with van der Waals surface area (Å²) in [6.07, 6.45) is 2.90. The highest BCUT2D eigenvalue weighted by Gasteiger charge is 2.34. The third-order valence-electron chi connectivity index (χ3n) is 5.87. The summed E-state index contributed by atoms with van der Waals surface area (Å²) in [5, 5.41) is 10.6. The van der Waals surface area contributed by atoms with Crippen molar-refractivity contribution in [2.75, 3.05) is 19.8 Å². The minimum Gasteiger partial charge on any atom is -0.504 e. The number of hydrogen-bond donors (Lipinski definition) is 1. The monoisotopic (exact) mass is 471 g/mol. The summed E-state index contributed by atoms with van der Waals surface area (Å²) in [6, 6.07) is 4.76. The maximum atomic E-state index is 12.8. The van der Waals surface area contributed by atoms with Crippen LogP contribution in [0.5, 0.6) is 11.5 Å². The molecule has 0 aliphatic carbocycles. The average molecular weight is 472 g/mol. The lowest BCUT2D eigenvalue weighted by atomic mass is 9.78. The van der Waals surface area contributed by atoms with Crippen molar-refractivity contribution in [3.63, 3.8) is 0 Å². The standard InChI is InChI=1S/C26H33NO7/c1-6-32-24(30)9-8-10-34-22-11-16-12-23(26(3,4)5)27-15-18(25(31)33-7-2)20(28)14-19(27)17(16)13-21(22)29/h11,13-15,23,29H,6-10,12H2,1-5H3. The van der Waals surface area contributed by atoms with Crippen LogP contribution in [0.4, 0.5) is 0 Å². The van der Waals surface area contributed by atoms with Gasteiger partial charge in [-0.15, -0.1) is 0 Å². The predicted molar refractivity (Wildman–Crippen MR) is 127 cm³/mol. The number of pyridine rings is 1. The largest absolute Gasteiger partial charge is 0.504 e. The van der Waals surface area contributed by atoms with Gasteiger partial charge in [-0.05, 0) is 49.8 Å². The van der Waals surface area contributed by atoms with Crippen molar-refractivity contribution in [3.8, 4) is 22.8 Å². The Morgan fingerprint density at radius 1 is 1.12 bits per heavy atom. The van der Waals surface area contributed by atoms with Crippen molar-refractivity contribution in [1.29, 1.82) is 0 Å². The molecular formula is C26H33NO7. The summed E-state index contributed by atoms with van der Waals surface area (Å²) in [6.45, 7) is 10.5. The summed E-state index contributed by atoms with van der Waals surface area (Å²) in [7, 11) is 0. The van der Waals surface area contributed by atoms with E-state index in [0.29, 0.717) is 36.5 Å². The molecule has 1 atom stereocenters. The van der Waals surface area contributed by atoms with Crippen LogP contribution in [0, 0.1) is 5.41 Å². The Balaban J connectivity index is 1.96. The second-order valence-electron chi connectivity index (χ2n) is 9.38. The molecule has 34 heavy (non-hydrogen) atoms. The Labute approximate surface area is 199 Å². The van der Waals surface area contributed by atoms with Gasteiger partial charge in [0, 0.05) is 30.3 Å². The van der Waals surface area contributed by atoms with Gasteiger partial charge in [-0.3, -0.25) is 9.59 Å².